The van der Waals surface area contributed by atoms with Crippen LogP contribution in [-0.4, -0.2) is 71.2 Å². The largest absolute Gasteiger partial charge is 0.411 e. The molecule has 1 aliphatic carbocycles. The second kappa shape index (κ2) is 8.64. The maximum absolute atomic E-state index is 12.6. The van der Waals surface area contributed by atoms with E-state index in [-0.39, 0.29) is 5.56 Å². The molecule has 0 spiro atoms. The topological polar surface area (TPSA) is 78.5 Å². The number of piperazine rings is 1. The van der Waals surface area contributed by atoms with Gasteiger partial charge in [0.05, 0.1) is 11.9 Å². The maximum Gasteiger partial charge on any atom is 0.411 e. The molecule has 1 amide bonds. The SMILES string of the molecule is O=C(COCC(F)(F)F)N1CCN(Cc2nc3sc4c(c3c(=O)[nH]2)CCCC4)CC1. The van der Waals surface area contributed by atoms with Crippen molar-refractivity contribution in [1.29, 1.82) is 0 Å². The molecular formula is C19H23F3N4O3S. The molecule has 0 aromatic carbocycles. The fourth-order valence-electron chi connectivity index (χ4n) is 4.00. The predicted octanol–water partition coefficient (Wildman–Crippen LogP) is 2.09. The molecule has 2 aliphatic rings. The van der Waals surface area contributed by atoms with Crippen molar-refractivity contribution >= 4 is 27.5 Å². The van der Waals surface area contributed by atoms with E-state index >= 15 is 0 Å². The summed E-state index contributed by atoms with van der Waals surface area (Å²) < 4.78 is 40.8. The van der Waals surface area contributed by atoms with E-state index in [1.165, 1.54) is 9.78 Å². The van der Waals surface area contributed by atoms with Gasteiger partial charge in [0.2, 0.25) is 5.91 Å². The molecule has 3 heterocycles. The van der Waals surface area contributed by atoms with Crippen molar-refractivity contribution in [1.82, 2.24) is 19.8 Å². The number of H-pyrrole nitrogens is 1. The number of aryl methyl sites for hydroxylation is 2. The number of hydrogen-bond donors (Lipinski definition) is 1. The van der Waals surface area contributed by atoms with Gasteiger partial charge in [-0.25, -0.2) is 4.98 Å². The fourth-order valence-corrected chi connectivity index (χ4v) is 5.28. The summed E-state index contributed by atoms with van der Waals surface area (Å²) in [6.45, 7) is 0.351. The maximum atomic E-state index is 12.6. The number of alkyl halides is 3. The molecule has 7 nitrogen and oxygen atoms in total. The molecule has 0 unspecified atom stereocenters. The monoisotopic (exact) mass is 444 g/mol. The van der Waals surface area contributed by atoms with Crippen molar-refractivity contribution in [2.24, 2.45) is 0 Å². The van der Waals surface area contributed by atoms with Crippen LogP contribution in [0.25, 0.3) is 10.2 Å². The van der Waals surface area contributed by atoms with Crippen molar-refractivity contribution < 1.29 is 22.7 Å². The van der Waals surface area contributed by atoms with Gasteiger partial charge >= 0.3 is 6.18 Å². The number of nitrogens with zero attached hydrogens (tertiary/aromatic N) is 3. The Labute approximate surface area is 174 Å². The van der Waals surface area contributed by atoms with E-state index < -0.39 is 25.3 Å². The van der Waals surface area contributed by atoms with Gasteiger partial charge in [-0.3, -0.25) is 14.5 Å². The summed E-state index contributed by atoms with van der Waals surface area (Å²) in [5, 5.41) is 0.729. The zero-order valence-electron chi connectivity index (χ0n) is 16.4. The number of nitrogens with one attached hydrogen (secondary N) is 1. The lowest BCUT2D eigenvalue weighted by molar-refractivity contribution is -0.178. The van der Waals surface area contributed by atoms with Gasteiger partial charge in [-0.15, -0.1) is 11.3 Å². The van der Waals surface area contributed by atoms with E-state index in [0.717, 1.165) is 41.5 Å². The summed E-state index contributed by atoms with van der Waals surface area (Å²) in [7, 11) is 0. The Kier molecular flexibility index (Phi) is 6.12. The Morgan fingerprint density at radius 3 is 2.63 bits per heavy atom. The molecule has 1 fully saturated rings. The third-order valence-electron chi connectivity index (χ3n) is 5.46. The van der Waals surface area contributed by atoms with E-state index in [4.69, 9.17) is 0 Å². The number of aromatic amines is 1. The van der Waals surface area contributed by atoms with Gasteiger partial charge in [-0.2, -0.15) is 13.2 Å². The zero-order chi connectivity index (χ0) is 21.3. The summed E-state index contributed by atoms with van der Waals surface area (Å²) in [5.74, 6) is 0.149. The highest BCUT2D eigenvalue weighted by Gasteiger charge is 2.29. The minimum atomic E-state index is -4.44. The number of ether oxygens (including phenoxy) is 1. The van der Waals surface area contributed by atoms with Crippen molar-refractivity contribution in [3.8, 4) is 0 Å². The van der Waals surface area contributed by atoms with Gasteiger partial charge in [0.1, 0.15) is 23.9 Å². The van der Waals surface area contributed by atoms with E-state index in [1.54, 1.807) is 11.3 Å². The van der Waals surface area contributed by atoms with E-state index in [9.17, 15) is 22.8 Å². The highest BCUT2D eigenvalue weighted by molar-refractivity contribution is 7.18. The lowest BCUT2D eigenvalue weighted by Gasteiger charge is -2.34. The van der Waals surface area contributed by atoms with Crippen LogP contribution in [0.1, 0.15) is 29.1 Å². The number of halogens is 3. The number of fused-ring (bicyclic) bond motifs is 3. The van der Waals surface area contributed by atoms with Crippen LogP contribution in [-0.2, 0) is 28.9 Å². The highest BCUT2D eigenvalue weighted by atomic mass is 32.1. The molecule has 11 heteroatoms. The molecular weight excluding hydrogens is 421 g/mol. The zero-order valence-corrected chi connectivity index (χ0v) is 17.2. The first-order chi connectivity index (χ1) is 14.3. The van der Waals surface area contributed by atoms with Crippen LogP contribution in [0.15, 0.2) is 4.79 Å². The molecule has 164 valence electrons. The Balaban J connectivity index is 1.33. The number of carbonyl (C=O) groups is 1. The van der Waals surface area contributed by atoms with Crippen molar-refractivity contribution in [2.75, 3.05) is 39.4 Å². The number of rotatable bonds is 5. The molecule has 4 rings (SSSR count). The quantitative estimate of drug-likeness (QED) is 0.764. The standard InChI is InChI=1S/C19H23F3N4O3S/c20-19(21,22)11-29-10-15(27)26-7-5-25(6-8-26)9-14-23-17(28)16-12-3-1-2-4-13(12)30-18(16)24-14/h1-11H2,(H,23,24,28). The van der Waals surface area contributed by atoms with Gasteiger partial charge in [-0.05, 0) is 31.2 Å². The highest BCUT2D eigenvalue weighted by Crippen LogP contribution is 2.33. The second-order valence-corrected chi connectivity index (χ2v) is 8.75. The van der Waals surface area contributed by atoms with Crippen LogP contribution in [0.5, 0.6) is 0 Å². The van der Waals surface area contributed by atoms with Crippen LogP contribution in [0, 0.1) is 0 Å². The van der Waals surface area contributed by atoms with Crippen molar-refractivity contribution in [2.45, 2.75) is 38.4 Å². The summed E-state index contributed by atoms with van der Waals surface area (Å²) in [5.41, 5.74) is 1.06. The smallest absolute Gasteiger partial charge is 0.362 e. The summed E-state index contributed by atoms with van der Waals surface area (Å²) in [4.78, 5) is 37.8. The first kappa shape index (κ1) is 21.3. The third-order valence-corrected chi connectivity index (χ3v) is 6.65. The molecule has 2 aromatic rings. The Morgan fingerprint density at radius 1 is 1.17 bits per heavy atom. The normalized spacial score (nSPS) is 18.0. The summed E-state index contributed by atoms with van der Waals surface area (Å²) >= 11 is 1.61. The molecule has 0 bridgehead atoms. The third kappa shape index (κ3) is 4.84. The average molecular weight is 444 g/mol. The molecule has 0 atom stereocenters. The van der Waals surface area contributed by atoms with Crippen LogP contribution in [0.4, 0.5) is 13.2 Å². The second-order valence-electron chi connectivity index (χ2n) is 7.67. The van der Waals surface area contributed by atoms with E-state index in [0.29, 0.717) is 38.5 Å². The number of carbonyl (C=O) groups excluding carboxylic acids is 1. The lowest BCUT2D eigenvalue weighted by atomic mass is 9.97. The van der Waals surface area contributed by atoms with Gasteiger partial charge in [0.25, 0.3) is 5.56 Å². The summed E-state index contributed by atoms with van der Waals surface area (Å²) in [6.07, 6.45) is -0.249. The van der Waals surface area contributed by atoms with Crippen LogP contribution < -0.4 is 5.56 Å². The Hall–Kier alpha value is -1.98. The fraction of sp³-hybridized carbons (Fsp3) is 0.632. The van der Waals surface area contributed by atoms with Crippen molar-refractivity contribution in [3.63, 3.8) is 0 Å². The van der Waals surface area contributed by atoms with E-state index in [1.807, 2.05) is 0 Å². The lowest BCUT2D eigenvalue weighted by Crippen LogP contribution is -2.49. The number of thiophene rings is 1. The number of hydrogen-bond acceptors (Lipinski definition) is 6. The molecule has 1 aliphatic heterocycles. The molecule has 1 saturated heterocycles. The van der Waals surface area contributed by atoms with Gasteiger partial charge in [0.15, 0.2) is 0 Å². The van der Waals surface area contributed by atoms with Crippen LogP contribution in [0.3, 0.4) is 0 Å². The van der Waals surface area contributed by atoms with Crippen molar-refractivity contribution in [3.05, 3.63) is 26.6 Å². The molecule has 30 heavy (non-hydrogen) atoms. The van der Waals surface area contributed by atoms with Crippen LogP contribution in [0.2, 0.25) is 0 Å². The molecule has 2 aromatic heterocycles. The molecule has 0 radical (unpaired) electrons. The molecule has 0 saturated carbocycles. The minimum Gasteiger partial charge on any atom is -0.362 e. The van der Waals surface area contributed by atoms with Gasteiger partial charge in [-0.1, -0.05) is 0 Å². The van der Waals surface area contributed by atoms with Crippen LogP contribution >= 0.6 is 11.3 Å². The Bertz CT molecular complexity index is 980. The predicted molar refractivity (Wildman–Crippen MR) is 106 cm³/mol. The van der Waals surface area contributed by atoms with E-state index in [2.05, 4.69) is 19.6 Å². The minimum absolute atomic E-state index is 0.0926. The first-order valence-electron chi connectivity index (χ1n) is 9.98. The number of amides is 1. The summed E-state index contributed by atoms with van der Waals surface area (Å²) in [6, 6.07) is 0. The van der Waals surface area contributed by atoms with Gasteiger partial charge in [0, 0.05) is 31.1 Å². The average Bonchev–Trinajstić information content (AvgIpc) is 3.06. The number of aromatic nitrogens is 2. The van der Waals surface area contributed by atoms with Gasteiger partial charge < -0.3 is 14.6 Å². The first-order valence-corrected chi connectivity index (χ1v) is 10.8. The molecule has 1 N–H and O–H groups in total. The Morgan fingerprint density at radius 2 is 1.90 bits per heavy atom.